The van der Waals surface area contributed by atoms with Gasteiger partial charge in [0.25, 0.3) is 17.6 Å². The number of anilines is 2. The molecule has 3 aromatic carbocycles. The molecule has 17 nitrogen and oxygen atoms in total. The first-order valence-corrected chi connectivity index (χ1v) is 19.9. The van der Waals surface area contributed by atoms with Gasteiger partial charge in [0.05, 0.1) is 53.0 Å². The second-order valence-corrected chi connectivity index (χ2v) is 15.9. The van der Waals surface area contributed by atoms with E-state index in [1.807, 2.05) is 0 Å². The number of phenols is 3. The lowest BCUT2D eigenvalue weighted by molar-refractivity contribution is -0.160. The summed E-state index contributed by atoms with van der Waals surface area (Å²) in [6, 6.07) is 5.93. The van der Waals surface area contributed by atoms with Crippen LogP contribution in [0.5, 0.6) is 23.0 Å². The Bertz CT molecular complexity index is 2370. The van der Waals surface area contributed by atoms with Crippen LogP contribution in [0.2, 0.25) is 0 Å². The van der Waals surface area contributed by atoms with Gasteiger partial charge in [0, 0.05) is 72.4 Å². The molecule has 3 aliphatic rings. The number of Topliss-reactive ketones (excluding diaryl/α,β-unsaturated/α-hetero) is 1. The van der Waals surface area contributed by atoms with Gasteiger partial charge < -0.3 is 55.5 Å². The van der Waals surface area contributed by atoms with Crippen LogP contribution in [0.3, 0.4) is 0 Å². The molecule has 0 aromatic heterocycles. The standard InChI is InChI=1S/C45H54N4O13/c1-20-11-10-12-21(2)43(57)48-34-29(19-47-49-44(58)27-13-15-28(46)16-14-27)38(54)31-32(39(34)55)37(53)25(6)41-33(31)42(56)45(8,62-41)60-18-17-30(59-9)22(3)40(61-26(7)50)24(5)36(52)23(4)35(20)51/h10-20,22-24,30,35-36,40,51-55H,46H2,1-9H3,(H,48,57)(H,49,58)/t20-,22+,23-,24-,30+,35-,36-,40-,45-/m0/s1. The first-order valence-electron chi connectivity index (χ1n) is 19.9. The predicted molar refractivity (Wildman–Crippen MR) is 230 cm³/mol. The molecule has 9 atom stereocenters. The maximum Gasteiger partial charge on any atom is 0.312 e. The number of nitrogen functional groups attached to an aromatic ring is 1. The lowest BCUT2D eigenvalue weighted by atomic mass is 9.78. The molecule has 17 heteroatoms. The summed E-state index contributed by atoms with van der Waals surface area (Å²) < 4.78 is 23.5. The smallest absolute Gasteiger partial charge is 0.312 e. The Labute approximate surface area is 358 Å². The number of methoxy groups -OCH3 is 1. The number of carbonyl (C=O) groups is 4. The minimum atomic E-state index is -2.12. The summed E-state index contributed by atoms with van der Waals surface area (Å²) in [4.78, 5) is 53.4. The maximum absolute atomic E-state index is 14.4. The number of aromatic hydroxyl groups is 3. The number of ketones is 1. The molecular formula is C45H54N4O13. The molecule has 0 unspecified atom stereocenters. The van der Waals surface area contributed by atoms with Gasteiger partial charge in [-0.3, -0.25) is 19.2 Å². The zero-order valence-corrected chi connectivity index (χ0v) is 35.9. The van der Waals surface area contributed by atoms with Gasteiger partial charge in [-0.25, -0.2) is 5.43 Å². The van der Waals surface area contributed by atoms with Gasteiger partial charge in [-0.15, -0.1) is 0 Å². The van der Waals surface area contributed by atoms with Crippen molar-refractivity contribution in [3.05, 3.63) is 82.7 Å². The van der Waals surface area contributed by atoms with E-state index in [9.17, 15) is 44.7 Å². The van der Waals surface area contributed by atoms with E-state index in [1.54, 1.807) is 33.8 Å². The molecule has 0 fully saturated rings. The van der Waals surface area contributed by atoms with Crippen molar-refractivity contribution in [1.82, 2.24) is 5.43 Å². The van der Waals surface area contributed by atoms with Gasteiger partial charge in [-0.2, -0.15) is 5.10 Å². The third kappa shape index (κ3) is 9.10. The summed E-state index contributed by atoms with van der Waals surface area (Å²) in [5.74, 6) is -9.93. The van der Waals surface area contributed by atoms with Crippen molar-refractivity contribution in [2.45, 2.75) is 85.6 Å². The van der Waals surface area contributed by atoms with Gasteiger partial charge >= 0.3 is 11.8 Å². The van der Waals surface area contributed by atoms with Crippen molar-refractivity contribution in [2.24, 2.45) is 28.8 Å². The minimum Gasteiger partial charge on any atom is -0.507 e. The monoisotopic (exact) mass is 858 g/mol. The van der Waals surface area contributed by atoms with Gasteiger partial charge in [0.15, 0.2) is 5.75 Å². The van der Waals surface area contributed by atoms with Crippen LogP contribution in [0.4, 0.5) is 11.4 Å². The molecule has 2 amide bonds. The number of phenolic OH excluding ortho intramolecular Hbond substituents is 3. The number of hydrazone groups is 1. The lowest BCUT2D eigenvalue weighted by Gasteiger charge is -2.38. The number of nitrogens with one attached hydrogen (secondary N) is 2. The molecule has 9 N–H and O–H groups in total. The molecule has 3 heterocycles. The molecule has 3 aromatic rings. The molecule has 332 valence electrons. The van der Waals surface area contributed by atoms with E-state index in [0.717, 1.165) is 12.5 Å². The topological polar surface area (TPSA) is 269 Å². The van der Waals surface area contributed by atoms with Crippen LogP contribution >= 0.6 is 0 Å². The van der Waals surface area contributed by atoms with Gasteiger partial charge in [0.2, 0.25) is 0 Å². The predicted octanol–water partition coefficient (Wildman–Crippen LogP) is 5.10. The molecule has 6 rings (SSSR count). The third-order valence-electron chi connectivity index (χ3n) is 11.6. The fourth-order valence-electron chi connectivity index (χ4n) is 7.73. The van der Waals surface area contributed by atoms with Crippen molar-refractivity contribution in [3.63, 3.8) is 0 Å². The molecule has 0 aliphatic carbocycles. The van der Waals surface area contributed by atoms with E-state index in [1.165, 1.54) is 77.3 Å². The number of amides is 2. The fourth-order valence-corrected chi connectivity index (χ4v) is 7.73. The Hall–Kier alpha value is -6.43. The second kappa shape index (κ2) is 18.7. The average Bonchev–Trinajstić information content (AvgIpc) is 3.50. The summed E-state index contributed by atoms with van der Waals surface area (Å²) in [6.07, 6.45) is 4.11. The van der Waals surface area contributed by atoms with Crippen molar-refractivity contribution in [3.8, 4) is 23.0 Å². The summed E-state index contributed by atoms with van der Waals surface area (Å²) in [7, 11) is 1.41. The number of ether oxygens (including phenoxy) is 4. The largest absolute Gasteiger partial charge is 0.507 e. The maximum atomic E-state index is 14.4. The second-order valence-electron chi connectivity index (χ2n) is 15.9. The quantitative estimate of drug-likeness (QED) is 0.0415. The zero-order chi connectivity index (χ0) is 46.0. The molecule has 0 saturated heterocycles. The number of fused-ring (bicyclic) bond motifs is 14. The SMILES string of the molecule is CO[C@@H]1C=CO[C@@]2(C)Oc3c(C)c(O)c4c(O)c(c(C=NNC(=O)c5ccc(N)cc5)c(O)c4c3C2=O)NC(=O)C(C)=CC=C[C@H](C)[C@H](O)[C@H](C)[C@H](O)[C@H](C)[C@@H](OC(C)=O)[C@@H]1C. The van der Waals surface area contributed by atoms with E-state index in [4.69, 9.17) is 24.7 Å². The number of nitrogens with two attached hydrogens (primary N) is 1. The number of nitrogens with zero attached hydrogens (tertiary/aromatic N) is 1. The highest BCUT2D eigenvalue weighted by Gasteiger charge is 2.50. The summed E-state index contributed by atoms with van der Waals surface area (Å²) in [5.41, 5.74) is 7.63. The van der Waals surface area contributed by atoms with E-state index < -0.39 is 106 Å². The van der Waals surface area contributed by atoms with E-state index in [-0.39, 0.29) is 39.0 Å². The highest BCUT2D eigenvalue weighted by Crippen LogP contribution is 2.55. The Morgan fingerprint density at radius 3 is 2.23 bits per heavy atom. The normalized spacial score (nSPS) is 27.2. The highest BCUT2D eigenvalue weighted by atomic mass is 16.7. The lowest BCUT2D eigenvalue weighted by Crippen LogP contribution is -2.46. The molecular weight excluding hydrogens is 805 g/mol. The Morgan fingerprint density at radius 1 is 0.935 bits per heavy atom. The van der Waals surface area contributed by atoms with Crippen molar-refractivity contribution < 1.29 is 63.7 Å². The number of rotatable bonds is 5. The first-order chi connectivity index (χ1) is 29.1. The Morgan fingerprint density at radius 2 is 1.60 bits per heavy atom. The average molecular weight is 859 g/mol. The summed E-state index contributed by atoms with van der Waals surface area (Å²) >= 11 is 0. The van der Waals surface area contributed by atoms with Crippen molar-refractivity contribution in [1.29, 1.82) is 0 Å². The van der Waals surface area contributed by atoms with Gasteiger partial charge in [-0.1, -0.05) is 45.9 Å². The van der Waals surface area contributed by atoms with Crippen LogP contribution in [-0.4, -0.2) is 92.6 Å². The number of aliphatic hydroxyl groups excluding tert-OH is 2. The summed E-state index contributed by atoms with van der Waals surface area (Å²) in [6.45, 7) is 12.2. The number of esters is 1. The number of hydrogen-bond donors (Lipinski definition) is 8. The Balaban J connectivity index is 1.70. The fraction of sp³-hybridized carbons (Fsp3) is 0.400. The van der Waals surface area contributed by atoms with Crippen LogP contribution in [0, 0.1) is 30.6 Å². The van der Waals surface area contributed by atoms with Crippen LogP contribution in [0.1, 0.15) is 80.3 Å². The Kier molecular flexibility index (Phi) is 14.0. The van der Waals surface area contributed by atoms with Crippen LogP contribution in [0.15, 0.2) is 65.5 Å². The summed E-state index contributed by atoms with van der Waals surface area (Å²) in [5, 5.41) is 64.0. The number of allylic oxidation sites excluding steroid dienone is 2. The van der Waals surface area contributed by atoms with Gasteiger partial charge in [0.1, 0.15) is 23.4 Å². The van der Waals surface area contributed by atoms with Crippen LogP contribution in [0.25, 0.3) is 10.8 Å². The highest BCUT2D eigenvalue weighted by molar-refractivity contribution is 6.24. The number of aliphatic hydroxyl groups is 2. The van der Waals surface area contributed by atoms with Crippen LogP contribution < -0.4 is 21.2 Å². The zero-order valence-electron chi connectivity index (χ0n) is 35.9. The van der Waals surface area contributed by atoms with Crippen molar-refractivity contribution in [2.75, 3.05) is 18.2 Å². The molecule has 62 heavy (non-hydrogen) atoms. The van der Waals surface area contributed by atoms with Crippen molar-refractivity contribution >= 4 is 51.9 Å². The third-order valence-corrected chi connectivity index (χ3v) is 11.6. The molecule has 5 bridgehead atoms. The molecule has 0 spiro atoms. The minimum absolute atomic E-state index is 0.0151. The number of hydrogen-bond acceptors (Lipinski definition) is 15. The van der Waals surface area contributed by atoms with Crippen LogP contribution in [-0.2, 0) is 23.8 Å². The van der Waals surface area contributed by atoms with Gasteiger partial charge in [-0.05, 0) is 44.2 Å². The number of carbonyl (C=O) groups excluding carboxylic acids is 4. The van der Waals surface area contributed by atoms with E-state index in [2.05, 4.69) is 15.8 Å². The van der Waals surface area contributed by atoms with E-state index in [0.29, 0.717) is 5.69 Å². The molecule has 3 aliphatic heterocycles. The molecule has 0 radical (unpaired) electrons. The first kappa shape index (κ1) is 46.6. The molecule has 0 saturated carbocycles. The number of benzene rings is 3. The van der Waals surface area contributed by atoms with E-state index >= 15 is 0 Å².